The molecule has 0 aliphatic heterocycles. The van der Waals surface area contributed by atoms with Crippen LogP contribution in [0.4, 0.5) is 4.39 Å². The van der Waals surface area contributed by atoms with E-state index in [1.54, 1.807) is 6.07 Å². The Labute approximate surface area is 117 Å². The molecular weight excluding hydrogens is 261 g/mol. The van der Waals surface area contributed by atoms with Gasteiger partial charge in [-0.15, -0.1) is 5.10 Å². The first-order valence-electron chi connectivity index (χ1n) is 6.41. The maximum absolute atomic E-state index is 14.1. The second-order valence-electron chi connectivity index (χ2n) is 4.63. The van der Waals surface area contributed by atoms with Gasteiger partial charge in [-0.3, -0.25) is 0 Å². The normalized spacial score (nSPS) is 12.6. The maximum atomic E-state index is 14.1. The summed E-state index contributed by atoms with van der Waals surface area (Å²) in [5, 5.41) is 7.42. The molecule has 1 unspecified atom stereocenters. The number of benzene rings is 1. The smallest absolute Gasteiger partial charge is 0.128 e. The number of hydrogen-bond acceptors (Lipinski definition) is 4. The van der Waals surface area contributed by atoms with Crippen LogP contribution in [0.1, 0.15) is 41.1 Å². The second kappa shape index (κ2) is 6.21. The molecule has 0 aliphatic carbocycles. The summed E-state index contributed by atoms with van der Waals surface area (Å²) in [5.74, 6) is -0.188. The Morgan fingerprint density at radius 3 is 2.79 bits per heavy atom. The molecule has 0 saturated heterocycles. The average molecular weight is 279 g/mol. The Morgan fingerprint density at radius 2 is 2.16 bits per heavy atom. The lowest BCUT2D eigenvalue weighted by atomic mass is 10.0. The lowest BCUT2D eigenvalue weighted by Gasteiger charge is -2.19. The first-order chi connectivity index (χ1) is 9.13. The average Bonchev–Trinajstić information content (AvgIpc) is 2.80. The Hall–Kier alpha value is -1.33. The van der Waals surface area contributed by atoms with Gasteiger partial charge in [0.05, 0.1) is 16.6 Å². The third kappa shape index (κ3) is 3.16. The highest BCUT2D eigenvalue weighted by molar-refractivity contribution is 7.05. The zero-order chi connectivity index (χ0) is 13.8. The molecule has 1 atom stereocenters. The fourth-order valence-corrected chi connectivity index (χ4v) is 2.76. The number of rotatable bonds is 5. The third-order valence-electron chi connectivity index (χ3n) is 3.01. The molecule has 2 aromatic rings. The van der Waals surface area contributed by atoms with Gasteiger partial charge < -0.3 is 5.32 Å². The molecule has 0 radical (unpaired) electrons. The monoisotopic (exact) mass is 279 g/mol. The van der Waals surface area contributed by atoms with Crippen LogP contribution < -0.4 is 5.32 Å². The van der Waals surface area contributed by atoms with E-state index in [9.17, 15) is 4.39 Å². The van der Waals surface area contributed by atoms with Gasteiger partial charge >= 0.3 is 0 Å². The Balaban J connectivity index is 2.42. The van der Waals surface area contributed by atoms with Crippen molar-refractivity contribution in [2.45, 2.75) is 33.2 Å². The topological polar surface area (TPSA) is 37.8 Å². The molecule has 102 valence electrons. The van der Waals surface area contributed by atoms with Gasteiger partial charge in [-0.05, 0) is 44.4 Å². The Kier molecular flexibility index (Phi) is 4.61. The summed E-state index contributed by atoms with van der Waals surface area (Å²) in [4.78, 5) is 0.984. The van der Waals surface area contributed by atoms with Crippen LogP contribution in [0.15, 0.2) is 18.2 Å². The van der Waals surface area contributed by atoms with Crippen LogP contribution in [0.2, 0.25) is 0 Å². The summed E-state index contributed by atoms with van der Waals surface area (Å²) in [7, 11) is 0. The van der Waals surface area contributed by atoms with Crippen molar-refractivity contribution in [1.29, 1.82) is 0 Å². The van der Waals surface area contributed by atoms with Crippen LogP contribution >= 0.6 is 11.5 Å². The molecule has 0 saturated carbocycles. The second-order valence-corrected chi connectivity index (χ2v) is 5.42. The van der Waals surface area contributed by atoms with E-state index in [4.69, 9.17) is 0 Å². The van der Waals surface area contributed by atoms with Crippen molar-refractivity contribution >= 4 is 11.5 Å². The first-order valence-corrected chi connectivity index (χ1v) is 7.19. The van der Waals surface area contributed by atoms with Gasteiger partial charge in [0.2, 0.25) is 0 Å². The van der Waals surface area contributed by atoms with E-state index in [0.717, 1.165) is 29.1 Å². The van der Waals surface area contributed by atoms with Crippen LogP contribution in [0.25, 0.3) is 0 Å². The number of aryl methyl sites for hydroxylation is 2. The molecule has 0 amide bonds. The summed E-state index contributed by atoms with van der Waals surface area (Å²) in [5.41, 5.74) is 2.58. The quantitative estimate of drug-likeness (QED) is 0.911. The molecule has 2 rings (SSSR count). The number of hydrogen-bond donors (Lipinski definition) is 1. The van der Waals surface area contributed by atoms with Crippen LogP contribution in [-0.2, 0) is 0 Å². The van der Waals surface area contributed by atoms with Crippen molar-refractivity contribution < 1.29 is 4.39 Å². The molecule has 1 heterocycles. The molecule has 1 N–H and O–H groups in total. The highest BCUT2D eigenvalue weighted by Crippen LogP contribution is 2.29. The minimum atomic E-state index is -0.188. The van der Waals surface area contributed by atoms with Crippen molar-refractivity contribution in [3.05, 3.63) is 45.7 Å². The highest BCUT2D eigenvalue weighted by Gasteiger charge is 2.21. The van der Waals surface area contributed by atoms with Crippen molar-refractivity contribution in [2.75, 3.05) is 6.54 Å². The van der Waals surface area contributed by atoms with Gasteiger partial charge in [0, 0.05) is 5.56 Å². The van der Waals surface area contributed by atoms with Gasteiger partial charge in [-0.1, -0.05) is 29.1 Å². The highest BCUT2D eigenvalue weighted by atomic mass is 32.1. The zero-order valence-corrected chi connectivity index (χ0v) is 12.2. The van der Waals surface area contributed by atoms with Gasteiger partial charge in [0.25, 0.3) is 0 Å². The van der Waals surface area contributed by atoms with E-state index >= 15 is 0 Å². The molecule has 3 nitrogen and oxygen atoms in total. The molecule has 19 heavy (non-hydrogen) atoms. The number of aromatic nitrogens is 2. The van der Waals surface area contributed by atoms with Crippen molar-refractivity contribution in [3.8, 4) is 0 Å². The molecule has 0 fully saturated rings. The van der Waals surface area contributed by atoms with E-state index in [1.807, 2.05) is 19.9 Å². The Morgan fingerprint density at radius 1 is 1.37 bits per heavy atom. The minimum absolute atomic E-state index is 0.167. The van der Waals surface area contributed by atoms with E-state index in [-0.39, 0.29) is 11.9 Å². The largest absolute Gasteiger partial charge is 0.305 e. The fraction of sp³-hybridized carbons (Fsp3) is 0.429. The predicted molar refractivity (Wildman–Crippen MR) is 75.9 cm³/mol. The summed E-state index contributed by atoms with van der Waals surface area (Å²) in [6.07, 6.45) is 0.995. The fourth-order valence-electron chi connectivity index (χ4n) is 2.02. The molecular formula is C14H18FN3S. The standard InChI is InChI=1S/C14H18FN3S/c1-4-7-16-13(14-10(3)17-18-19-14)11-8-9(2)5-6-12(11)15/h5-6,8,13,16H,4,7H2,1-3H3. The van der Waals surface area contributed by atoms with Crippen molar-refractivity contribution in [3.63, 3.8) is 0 Å². The van der Waals surface area contributed by atoms with E-state index in [2.05, 4.69) is 21.8 Å². The van der Waals surface area contributed by atoms with E-state index < -0.39 is 0 Å². The number of nitrogens with one attached hydrogen (secondary N) is 1. The third-order valence-corrected chi connectivity index (χ3v) is 3.90. The first kappa shape index (κ1) is 14.1. The lowest BCUT2D eigenvalue weighted by Crippen LogP contribution is -2.24. The van der Waals surface area contributed by atoms with E-state index in [1.165, 1.54) is 17.6 Å². The van der Waals surface area contributed by atoms with Gasteiger partial charge in [0.15, 0.2) is 0 Å². The van der Waals surface area contributed by atoms with Crippen LogP contribution in [0.5, 0.6) is 0 Å². The molecule has 0 spiro atoms. The van der Waals surface area contributed by atoms with Gasteiger partial charge in [-0.25, -0.2) is 4.39 Å². The van der Waals surface area contributed by atoms with Crippen molar-refractivity contribution in [1.82, 2.24) is 14.9 Å². The lowest BCUT2D eigenvalue weighted by molar-refractivity contribution is 0.549. The molecule has 1 aromatic carbocycles. The van der Waals surface area contributed by atoms with Gasteiger partial charge in [-0.2, -0.15) is 0 Å². The zero-order valence-electron chi connectivity index (χ0n) is 11.4. The maximum Gasteiger partial charge on any atom is 0.128 e. The Bertz CT molecular complexity index is 553. The number of nitrogens with zero attached hydrogens (tertiary/aromatic N) is 2. The van der Waals surface area contributed by atoms with Crippen LogP contribution in [-0.4, -0.2) is 16.1 Å². The number of halogens is 1. The molecule has 0 aliphatic rings. The summed E-state index contributed by atoms with van der Waals surface area (Å²) in [6, 6.07) is 5.03. The SMILES string of the molecule is CCCNC(c1cc(C)ccc1F)c1snnc1C. The molecule has 0 bridgehead atoms. The molecule has 5 heteroatoms. The van der Waals surface area contributed by atoms with Gasteiger partial charge in [0.1, 0.15) is 5.82 Å². The van der Waals surface area contributed by atoms with Crippen molar-refractivity contribution in [2.24, 2.45) is 0 Å². The summed E-state index contributed by atoms with van der Waals surface area (Å²) >= 11 is 1.33. The van der Waals surface area contributed by atoms with E-state index in [0.29, 0.717) is 5.56 Å². The summed E-state index contributed by atoms with van der Waals surface area (Å²) < 4.78 is 18.1. The predicted octanol–water partition coefficient (Wildman–Crippen LogP) is 3.38. The van der Waals surface area contributed by atoms with Crippen LogP contribution in [0.3, 0.4) is 0 Å². The van der Waals surface area contributed by atoms with Crippen LogP contribution in [0, 0.1) is 19.7 Å². The minimum Gasteiger partial charge on any atom is -0.305 e. The summed E-state index contributed by atoms with van der Waals surface area (Å²) in [6.45, 7) is 6.80. The molecule has 1 aromatic heterocycles.